The molecule has 0 unspecified atom stereocenters. The Morgan fingerprint density at radius 3 is 2.13 bits per heavy atom. The fourth-order valence-corrected chi connectivity index (χ4v) is 4.58. The quantitative estimate of drug-likeness (QED) is 0.267. The van der Waals surface area contributed by atoms with Gasteiger partial charge in [-0.1, -0.05) is 76.2 Å². The summed E-state index contributed by atoms with van der Waals surface area (Å²) in [7, 11) is 0. The van der Waals surface area contributed by atoms with E-state index < -0.39 is 17.6 Å². The Labute approximate surface area is 219 Å². The smallest absolute Gasteiger partial charge is 0.291 e. The fraction of sp³-hybridized carbons (Fsp3) is 0.429. The van der Waals surface area contributed by atoms with Gasteiger partial charge in [-0.2, -0.15) is 13.2 Å². The number of alkyl halides is 3. The molecular formula is C28H33F3N6O. The number of aromatic amines is 1. The van der Waals surface area contributed by atoms with Crippen LogP contribution < -0.4 is 5.69 Å². The molecule has 38 heavy (non-hydrogen) atoms. The molecule has 0 amide bonds. The molecule has 0 aliphatic carbocycles. The molecule has 0 radical (unpaired) electrons. The van der Waals surface area contributed by atoms with E-state index in [2.05, 4.69) is 20.6 Å². The van der Waals surface area contributed by atoms with Crippen molar-refractivity contribution in [3.05, 3.63) is 76.0 Å². The van der Waals surface area contributed by atoms with E-state index in [9.17, 15) is 18.0 Å². The fourth-order valence-electron chi connectivity index (χ4n) is 4.58. The molecule has 0 aliphatic heterocycles. The van der Waals surface area contributed by atoms with Gasteiger partial charge in [-0.15, -0.1) is 5.10 Å². The number of rotatable bonds is 10. The summed E-state index contributed by atoms with van der Waals surface area (Å²) in [5, 5.41) is 14.1. The number of H-pyrrole nitrogens is 1. The standard InChI is InChI=1S/C28H33F3N6O/c1-18(2)9-14-24-25(28(29,30)31)36(16-15-19(3)4)27(38)37(24)17-20-10-12-21(13-11-20)22-7-5-6-8-23(22)26-32-34-35-33-26/h5-8,10-13,18-19H,9,14-17H2,1-4H3,(H,32,33,34,35). The normalized spacial score (nSPS) is 12.1. The number of nitrogens with one attached hydrogen (secondary N) is 1. The summed E-state index contributed by atoms with van der Waals surface area (Å²) >= 11 is 0. The molecule has 4 aromatic rings. The van der Waals surface area contributed by atoms with E-state index in [4.69, 9.17) is 0 Å². The van der Waals surface area contributed by atoms with Crippen LogP contribution in [0.2, 0.25) is 0 Å². The van der Waals surface area contributed by atoms with Gasteiger partial charge in [-0.3, -0.25) is 9.13 Å². The third-order valence-electron chi connectivity index (χ3n) is 6.62. The number of aromatic nitrogens is 6. The Morgan fingerprint density at radius 2 is 1.55 bits per heavy atom. The second kappa shape index (κ2) is 11.4. The molecule has 2 heterocycles. The molecule has 202 valence electrons. The summed E-state index contributed by atoms with van der Waals surface area (Å²) in [4.78, 5) is 13.4. The zero-order valence-corrected chi connectivity index (χ0v) is 22.1. The Kier molecular flexibility index (Phi) is 8.18. The summed E-state index contributed by atoms with van der Waals surface area (Å²) in [6, 6.07) is 15.2. The van der Waals surface area contributed by atoms with E-state index in [1.54, 1.807) is 0 Å². The summed E-state index contributed by atoms with van der Waals surface area (Å²) in [6.07, 6.45) is -3.38. The lowest BCUT2D eigenvalue weighted by Crippen LogP contribution is -2.27. The maximum atomic E-state index is 14.3. The van der Waals surface area contributed by atoms with Crippen molar-refractivity contribution in [1.29, 1.82) is 0 Å². The SMILES string of the molecule is CC(C)CCc1c(C(F)(F)F)n(CCC(C)C)c(=O)n1Cc1ccc(-c2ccccc2-c2nnn[nH]2)cc1. The van der Waals surface area contributed by atoms with Gasteiger partial charge in [-0.25, -0.2) is 9.89 Å². The van der Waals surface area contributed by atoms with E-state index in [0.29, 0.717) is 18.7 Å². The molecule has 0 spiro atoms. The number of nitrogens with zero attached hydrogens (tertiary/aromatic N) is 5. The van der Waals surface area contributed by atoms with Crippen LogP contribution in [0.15, 0.2) is 53.3 Å². The molecule has 0 fully saturated rings. The molecule has 1 N–H and O–H groups in total. The molecule has 0 saturated carbocycles. The van der Waals surface area contributed by atoms with Crippen LogP contribution in [0, 0.1) is 11.8 Å². The van der Waals surface area contributed by atoms with Gasteiger partial charge >= 0.3 is 11.9 Å². The molecule has 2 aromatic heterocycles. The topological polar surface area (TPSA) is 81.4 Å². The monoisotopic (exact) mass is 526 g/mol. The first kappa shape index (κ1) is 27.3. The van der Waals surface area contributed by atoms with Crippen molar-refractivity contribution in [3.63, 3.8) is 0 Å². The first-order valence-electron chi connectivity index (χ1n) is 12.9. The molecular weight excluding hydrogens is 493 g/mol. The van der Waals surface area contributed by atoms with Crippen LogP contribution in [0.1, 0.15) is 57.5 Å². The number of hydrogen-bond acceptors (Lipinski definition) is 4. The van der Waals surface area contributed by atoms with Gasteiger partial charge in [-0.05, 0) is 58.2 Å². The third-order valence-corrected chi connectivity index (χ3v) is 6.62. The first-order chi connectivity index (χ1) is 18.1. The second-order valence-corrected chi connectivity index (χ2v) is 10.4. The van der Waals surface area contributed by atoms with Crippen LogP contribution in [0.4, 0.5) is 13.2 Å². The Balaban J connectivity index is 1.72. The number of imidazole rings is 1. The van der Waals surface area contributed by atoms with E-state index in [1.165, 1.54) is 4.57 Å². The minimum Gasteiger partial charge on any atom is -0.291 e. The van der Waals surface area contributed by atoms with Crippen molar-refractivity contribution < 1.29 is 13.2 Å². The molecule has 0 saturated heterocycles. The number of benzene rings is 2. The Morgan fingerprint density at radius 1 is 0.895 bits per heavy atom. The predicted molar refractivity (Wildman–Crippen MR) is 140 cm³/mol. The van der Waals surface area contributed by atoms with Crippen molar-refractivity contribution >= 4 is 0 Å². The number of tetrazole rings is 1. The molecule has 0 aliphatic rings. The highest BCUT2D eigenvalue weighted by molar-refractivity contribution is 5.80. The highest BCUT2D eigenvalue weighted by Crippen LogP contribution is 2.34. The molecule has 0 bridgehead atoms. The summed E-state index contributed by atoms with van der Waals surface area (Å²) in [6.45, 7) is 7.92. The number of halogens is 3. The lowest BCUT2D eigenvalue weighted by atomic mass is 9.98. The van der Waals surface area contributed by atoms with E-state index in [0.717, 1.165) is 26.8 Å². The van der Waals surface area contributed by atoms with Crippen molar-refractivity contribution in [2.75, 3.05) is 0 Å². The predicted octanol–water partition coefficient (Wildman–Crippen LogP) is 6.20. The maximum Gasteiger partial charge on any atom is 0.433 e. The van der Waals surface area contributed by atoms with E-state index in [-0.39, 0.29) is 37.0 Å². The Bertz CT molecular complexity index is 1400. The van der Waals surface area contributed by atoms with Crippen molar-refractivity contribution in [2.24, 2.45) is 11.8 Å². The maximum absolute atomic E-state index is 14.3. The molecule has 10 heteroatoms. The van der Waals surface area contributed by atoms with Crippen molar-refractivity contribution in [2.45, 2.75) is 66.2 Å². The van der Waals surface area contributed by atoms with Crippen LogP contribution in [-0.2, 0) is 25.7 Å². The molecule has 7 nitrogen and oxygen atoms in total. The second-order valence-electron chi connectivity index (χ2n) is 10.4. The lowest BCUT2D eigenvalue weighted by molar-refractivity contribution is -0.144. The van der Waals surface area contributed by atoms with Crippen LogP contribution in [0.25, 0.3) is 22.5 Å². The van der Waals surface area contributed by atoms with Crippen molar-refractivity contribution in [1.82, 2.24) is 29.8 Å². The molecule has 0 atom stereocenters. The minimum absolute atomic E-state index is 0.0409. The molecule has 2 aromatic carbocycles. The number of hydrogen-bond donors (Lipinski definition) is 1. The van der Waals surface area contributed by atoms with Gasteiger partial charge in [0.25, 0.3) is 0 Å². The first-order valence-corrected chi connectivity index (χ1v) is 12.9. The van der Waals surface area contributed by atoms with Crippen LogP contribution in [-0.4, -0.2) is 29.8 Å². The summed E-state index contributed by atoms with van der Waals surface area (Å²) < 4.78 is 45.1. The van der Waals surface area contributed by atoms with Gasteiger partial charge in [0, 0.05) is 12.1 Å². The Hall–Kier alpha value is -3.69. The average molecular weight is 527 g/mol. The van der Waals surface area contributed by atoms with E-state index >= 15 is 0 Å². The zero-order chi connectivity index (χ0) is 27.4. The highest BCUT2D eigenvalue weighted by Gasteiger charge is 2.40. The highest BCUT2D eigenvalue weighted by atomic mass is 19.4. The summed E-state index contributed by atoms with van der Waals surface area (Å²) in [5.41, 5.74) is 2.03. The lowest BCUT2D eigenvalue weighted by Gasteiger charge is -2.15. The van der Waals surface area contributed by atoms with Gasteiger partial charge in [0.1, 0.15) is 5.69 Å². The summed E-state index contributed by atoms with van der Waals surface area (Å²) in [5.74, 6) is 0.916. The zero-order valence-electron chi connectivity index (χ0n) is 22.1. The van der Waals surface area contributed by atoms with Crippen LogP contribution >= 0.6 is 0 Å². The van der Waals surface area contributed by atoms with Crippen molar-refractivity contribution in [3.8, 4) is 22.5 Å². The largest absolute Gasteiger partial charge is 0.433 e. The average Bonchev–Trinajstić information content (AvgIpc) is 3.49. The van der Waals surface area contributed by atoms with Gasteiger partial charge in [0.2, 0.25) is 0 Å². The molecule has 4 rings (SSSR count). The third kappa shape index (κ3) is 6.06. The minimum atomic E-state index is -4.61. The van der Waals surface area contributed by atoms with E-state index in [1.807, 2.05) is 76.2 Å². The van der Waals surface area contributed by atoms with Gasteiger partial charge in [0.15, 0.2) is 5.82 Å². The van der Waals surface area contributed by atoms with Gasteiger partial charge < -0.3 is 0 Å². The van der Waals surface area contributed by atoms with Crippen LogP contribution in [0.3, 0.4) is 0 Å². The van der Waals surface area contributed by atoms with Crippen LogP contribution in [0.5, 0.6) is 0 Å². The van der Waals surface area contributed by atoms with Gasteiger partial charge in [0.05, 0.1) is 12.2 Å².